The van der Waals surface area contributed by atoms with Crippen molar-refractivity contribution in [2.24, 2.45) is 5.10 Å². The number of hydrazine groups is 2. The first-order valence-electron chi connectivity index (χ1n) is 2.88. The molecule has 0 atom stereocenters. The predicted octanol–water partition coefficient (Wildman–Crippen LogP) is -0.0486. The lowest BCUT2D eigenvalue weighted by Gasteiger charge is -2.18. The van der Waals surface area contributed by atoms with Gasteiger partial charge < -0.3 is 0 Å². The summed E-state index contributed by atoms with van der Waals surface area (Å²) in [6.07, 6.45) is 0. The second-order valence-electron chi connectivity index (χ2n) is 2.10. The average molecular weight is 130 g/mol. The number of nitrogens with one attached hydrogen (secondary N) is 2. The molecule has 0 bridgehead atoms. The van der Waals surface area contributed by atoms with Gasteiger partial charge in [0.25, 0.3) is 0 Å². The Labute approximate surface area is 55.9 Å². The summed E-state index contributed by atoms with van der Waals surface area (Å²) in [6, 6.07) is 0.407. The molecule has 0 saturated heterocycles. The molecule has 2 N–H and O–H groups in total. The minimum Gasteiger partial charge on any atom is -0.234 e. The van der Waals surface area contributed by atoms with E-state index in [1.807, 2.05) is 20.9 Å². The minimum absolute atomic E-state index is 0.407. The highest BCUT2D eigenvalue weighted by molar-refractivity contribution is 5.21. The Bertz CT molecular complexity index is 81.0. The van der Waals surface area contributed by atoms with Gasteiger partial charge in [0.15, 0.2) is 0 Å². The summed E-state index contributed by atoms with van der Waals surface area (Å²) in [4.78, 5) is 0. The molecule has 4 nitrogen and oxygen atoms in total. The van der Waals surface area contributed by atoms with Crippen LogP contribution in [0.2, 0.25) is 0 Å². The van der Waals surface area contributed by atoms with Crippen molar-refractivity contribution in [1.82, 2.24) is 16.1 Å². The molecule has 0 heterocycles. The quantitative estimate of drug-likeness (QED) is 0.414. The molecule has 0 spiro atoms. The summed E-state index contributed by atoms with van der Waals surface area (Å²) in [5, 5.41) is 5.10. The topological polar surface area (TPSA) is 39.7 Å². The molecule has 0 aliphatic carbocycles. The fraction of sp³-hybridized carbons (Fsp3) is 0.800. The van der Waals surface area contributed by atoms with Crippen molar-refractivity contribution in [3.63, 3.8) is 0 Å². The normalized spacial score (nSPS) is 10.3. The monoisotopic (exact) mass is 130 g/mol. The first-order chi connectivity index (χ1) is 4.16. The van der Waals surface area contributed by atoms with E-state index in [1.165, 1.54) is 0 Å². The van der Waals surface area contributed by atoms with Crippen LogP contribution in [0.25, 0.3) is 0 Å². The molecule has 0 fully saturated rings. The van der Waals surface area contributed by atoms with Crippen LogP contribution in [0, 0.1) is 0 Å². The number of hydrazone groups is 1. The zero-order valence-electron chi connectivity index (χ0n) is 6.18. The van der Waals surface area contributed by atoms with Crippen LogP contribution in [-0.4, -0.2) is 24.9 Å². The van der Waals surface area contributed by atoms with Gasteiger partial charge >= 0.3 is 0 Å². The highest BCUT2D eigenvalue weighted by Gasteiger charge is 1.94. The molecule has 0 aliphatic heterocycles. The molecule has 0 aromatic rings. The molecule has 54 valence electrons. The van der Waals surface area contributed by atoms with Gasteiger partial charge in [0, 0.05) is 19.8 Å². The zero-order valence-corrected chi connectivity index (χ0v) is 6.18. The largest absolute Gasteiger partial charge is 0.234 e. The molecular formula is C5H14N4. The van der Waals surface area contributed by atoms with Crippen LogP contribution in [-0.2, 0) is 0 Å². The molecule has 4 heteroatoms. The summed E-state index contributed by atoms with van der Waals surface area (Å²) in [5.74, 6) is 0. The van der Waals surface area contributed by atoms with Crippen LogP contribution in [0.15, 0.2) is 5.10 Å². The lowest BCUT2D eigenvalue weighted by molar-refractivity contribution is 0.140. The van der Waals surface area contributed by atoms with Crippen molar-refractivity contribution in [3.05, 3.63) is 0 Å². The third kappa shape index (κ3) is 5.26. The average Bonchev–Trinajstić information content (AvgIpc) is 1.63. The Morgan fingerprint density at radius 2 is 2.11 bits per heavy atom. The Hall–Kier alpha value is -0.610. The van der Waals surface area contributed by atoms with E-state index in [-0.39, 0.29) is 0 Å². The zero-order chi connectivity index (χ0) is 7.28. The molecule has 0 aliphatic rings. The van der Waals surface area contributed by atoms with Gasteiger partial charge in [-0.3, -0.25) is 0 Å². The van der Waals surface area contributed by atoms with Crippen molar-refractivity contribution in [2.45, 2.75) is 19.9 Å². The summed E-state index contributed by atoms with van der Waals surface area (Å²) < 4.78 is 0. The molecule has 0 rings (SSSR count). The fourth-order valence-corrected chi connectivity index (χ4v) is 0.522. The highest BCUT2D eigenvalue weighted by atomic mass is 15.8. The van der Waals surface area contributed by atoms with E-state index in [0.29, 0.717) is 6.04 Å². The maximum atomic E-state index is 3.45. The Balaban J connectivity index is 3.25. The third-order valence-electron chi connectivity index (χ3n) is 0.673. The number of hydrogen-bond acceptors (Lipinski definition) is 4. The molecule has 0 aromatic carbocycles. The first-order valence-corrected chi connectivity index (χ1v) is 2.88. The van der Waals surface area contributed by atoms with Crippen molar-refractivity contribution in [3.8, 4) is 0 Å². The maximum absolute atomic E-state index is 3.45. The van der Waals surface area contributed by atoms with E-state index in [0.717, 1.165) is 0 Å². The van der Waals surface area contributed by atoms with Crippen LogP contribution in [0.1, 0.15) is 13.8 Å². The molecule has 0 aromatic heterocycles. The van der Waals surface area contributed by atoms with Gasteiger partial charge in [-0.05, 0) is 13.8 Å². The summed E-state index contributed by atoms with van der Waals surface area (Å²) in [7, 11) is 1.83. The van der Waals surface area contributed by atoms with Gasteiger partial charge in [0.05, 0.1) is 0 Å². The second-order valence-corrected chi connectivity index (χ2v) is 2.10. The van der Waals surface area contributed by atoms with Gasteiger partial charge in [-0.2, -0.15) is 5.10 Å². The van der Waals surface area contributed by atoms with E-state index in [2.05, 4.69) is 22.8 Å². The van der Waals surface area contributed by atoms with Crippen LogP contribution in [0.4, 0.5) is 0 Å². The number of nitrogens with zero attached hydrogens (tertiary/aromatic N) is 2. The van der Waals surface area contributed by atoms with Crippen LogP contribution >= 0.6 is 0 Å². The van der Waals surface area contributed by atoms with Crippen LogP contribution < -0.4 is 11.0 Å². The molecule has 0 saturated carbocycles. The Morgan fingerprint density at radius 3 is 2.44 bits per heavy atom. The van der Waals surface area contributed by atoms with E-state index >= 15 is 0 Å². The number of hydrogen-bond donors (Lipinski definition) is 2. The number of rotatable bonds is 4. The minimum atomic E-state index is 0.407. The van der Waals surface area contributed by atoms with E-state index in [4.69, 9.17) is 0 Å². The molecule has 0 amide bonds. The van der Waals surface area contributed by atoms with Crippen molar-refractivity contribution >= 4 is 6.72 Å². The summed E-state index contributed by atoms with van der Waals surface area (Å²) >= 11 is 0. The van der Waals surface area contributed by atoms with E-state index < -0.39 is 0 Å². The van der Waals surface area contributed by atoms with Gasteiger partial charge in [-0.15, -0.1) is 5.12 Å². The second kappa shape index (κ2) is 4.29. The molecule has 9 heavy (non-hydrogen) atoms. The summed E-state index contributed by atoms with van der Waals surface area (Å²) in [5.41, 5.74) is 5.64. The predicted molar refractivity (Wildman–Crippen MR) is 38.7 cm³/mol. The van der Waals surface area contributed by atoms with E-state index in [1.54, 1.807) is 5.12 Å². The van der Waals surface area contributed by atoms with Gasteiger partial charge in [-0.1, -0.05) is 0 Å². The van der Waals surface area contributed by atoms with Crippen LogP contribution in [0.3, 0.4) is 0 Å². The molecule has 0 radical (unpaired) electrons. The van der Waals surface area contributed by atoms with Gasteiger partial charge in [-0.25, -0.2) is 11.0 Å². The molecular weight excluding hydrogens is 116 g/mol. The SMILES string of the molecule is C=NNN(C)NC(C)C. The van der Waals surface area contributed by atoms with Gasteiger partial charge in [0.2, 0.25) is 0 Å². The maximum Gasteiger partial charge on any atom is 0.0240 e. The van der Waals surface area contributed by atoms with Gasteiger partial charge in [0.1, 0.15) is 0 Å². The Morgan fingerprint density at radius 1 is 1.56 bits per heavy atom. The van der Waals surface area contributed by atoms with Crippen molar-refractivity contribution in [2.75, 3.05) is 7.05 Å². The molecule has 0 unspecified atom stereocenters. The summed E-state index contributed by atoms with van der Waals surface area (Å²) in [6.45, 7) is 7.35. The van der Waals surface area contributed by atoms with Crippen LogP contribution in [0.5, 0.6) is 0 Å². The van der Waals surface area contributed by atoms with E-state index in [9.17, 15) is 0 Å². The smallest absolute Gasteiger partial charge is 0.0240 e. The lowest BCUT2D eigenvalue weighted by Crippen LogP contribution is -2.45. The van der Waals surface area contributed by atoms with Crippen molar-refractivity contribution in [1.29, 1.82) is 0 Å². The fourth-order valence-electron chi connectivity index (χ4n) is 0.522. The highest BCUT2D eigenvalue weighted by Crippen LogP contribution is 1.75. The Kier molecular flexibility index (Phi) is 4.00. The first kappa shape index (κ1) is 8.39. The standard InChI is InChI=1S/C5H14N4/c1-5(2)7-9(4)8-6-3/h5,7-8H,3H2,1-2,4H3. The third-order valence-corrected chi connectivity index (χ3v) is 0.673. The van der Waals surface area contributed by atoms with Crippen molar-refractivity contribution < 1.29 is 0 Å². The lowest BCUT2D eigenvalue weighted by atomic mass is 10.4.